The summed E-state index contributed by atoms with van der Waals surface area (Å²) in [6, 6.07) is 0. The third kappa shape index (κ3) is 15.7. The van der Waals surface area contributed by atoms with Crippen LogP contribution in [0.3, 0.4) is 0 Å². The average Bonchev–Trinajstić information content (AvgIpc) is 2.22. The zero-order valence-corrected chi connectivity index (χ0v) is 14.9. The van der Waals surface area contributed by atoms with Gasteiger partial charge in [0.05, 0.1) is 23.9 Å². The molecule has 0 unspecified atom stereocenters. The zero-order valence-electron chi connectivity index (χ0n) is 11.8. The molecule has 0 aromatic heterocycles. The van der Waals surface area contributed by atoms with Gasteiger partial charge < -0.3 is 39.6 Å². The molecule has 0 aliphatic rings. The van der Waals surface area contributed by atoms with E-state index in [0.717, 1.165) is 9.80 Å². The van der Waals surface area contributed by atoms with Gasteiger partial charge in [-0.15, -0.1) is 0 Å². The molecule has 0 aliphatic carbocycles. The summed E-state index contributed by atoms with van der Waals surface area (Å²) >= 11 is 0. The van der Waals surface area contributed by atoms with Crippen molar-refractivity contribution in [3.8, 4) is 0 Å². The number of hydrogen-bond acceptors (Lipinski definition) is 10. The quantitative estimate of drug-likeness (QED) is 0.320. The van der Waals surface area contributed by atoms with Crippen LogP contribution in [0.15, 0.2) is 0 Å². The van der Waals surface area contributed by atoms with E-state index in [4.69, 9.17) is 0 Å². The Balaban J connectivity index is -0.00000180. The van der Waals surface area contributed by atoms with E-state index in [9.17, 15) is 39.6 Å². The van der Waals surface area contributed by atoms with Crippen molar-refractivity contribution in [3.05, 3.63) is 0 Å². The Bertz CT molecular complexity index is 327. The molecule has 0 saturated carbocycles. The van der Waals surface area contributed by atoms with Crippen molar-refractivity contribution in [2.75, 3.05) is 39.3 Å². The summed E-state index contributed by atoms with van der Waals surface area (Å²) in [6.45, 7) is -3.25. The van der Waals surface area contributed by atoms with Gasteiger partial charge in [0.1, 0.15) is 0 Å². The zero-order chi connectivity index (χ0) is 15.7. The number of aliphatic carboxylic acids is 4. The van der Waals surface area contributed by atoms with Crippen molar-refractivity contribution in [3.63, 3.8) is 0 Å². The number of carbonyl (C=O) groups is 4. The van der Waals surface area contributed by atoms with Gasteiger partial charge in [-0.3, -0.25) is 9.80 Å². The Kier molecular flexibility index (Phi) is 16.6. The van der Waals surface area contributed by atoms with Crippen molar-refractivity contribution in [1.82, 2.24) is 9.80 Å². The number of rotatable bonds is 11. The van der Waals surface area contributed by atoms with Crippen molar-refractivity contribution in [1.29, 1.82) is 0 Å². The van der Waals surface area contributed by atoms with Crippen molar-refractivity contribution < 1.29 is 86.2 Å². The first-order valence-electron chi connectivity index (χ1n) is 5.44. The Hall–Kier alpha value is -0.681. The molecule has 10 nitrogen and oxygen atoms in total. The molecule has 0 atom stereocenters. The minimum absolute atomic E-state index is 0. The molecular formula is C10H12FeN2NaO8+2. The van der Waals surface area contributed by atoms with E-state index in [1.165, 1.54) is 0 Å². The molecule has 0 spiro atoms. The van der Waals surface area contributed by atoms with Crippen LogP contribution in [0, 0.1) is 0 Å². The second kappa shape index (κ2) is 13.9. The maximum absolute atomic E-state index is 10.4. The number of hydrogen-bond donors (Lipinski definition) is 0. The molecule has 0 heterocycles. The first-order valence-corrected chi connectivity index (χ1v) is 5.44. The van der Waals surface area contributed by atoms with Gasteiger partial charge >= 0.3 is 46.6 Å². The fourth-order valence-corrected chi connectivity index (χ4v) is 1.44. The normalized spacial score (nSPS) is 9.73. The molecule has 12 heteroatoms. The number of carboxylic acids is 4. The van der Waals surface area contributed by atoms with Gasteiger partial charge in [-0.05, 0) is 0 Å². The van der Waals surface area contributed by atoms with Crippen LogP contribution in [0.4, 0.5) is 0 Å². The molecule has 117 valence electrons. The van der Waals surface area contributed by atoms with Gasteiger partial charge in [0.2, 0.25) is 0 Å². The molecule has 1 radical (unpaired) electrons. The SMILES string of the molecule is O=C([O-])CN(CCN(CC(=O)[O-])CC(=O)[O-])CC(=O)[O-].[Fe+5].[Na+]. The van der Waals surface area contributed by atoms with Gasteiger partial charge in [-0.25, -0.2) is 0 Å². The summed E-state index contributed by atoms with van der Waals surface area (Å²) in [4.78, 5) is 43.4. The molecule has 0 bridgehead atoms. The van der Waals surface area contributed by atoms with E-state index in [-0.39, 0.29) is 59.7 Å². The Morgan fingerprint density at radius 1 is 0.591 bits per heavy atom. The van der Waals surface area contributed by atoms with E-state index in [1.54, 1.807) is 0 Å². The van der Waals surface area contributed by atoms with Gasteiger partial charge in [-0.2, -0.15) is 0 Å². The average molecular weight is 367 g/mol. The second-order valence-electron chi connectivity index (χ2n) is 3.91. The molecule has 0 saturated heterocycles. The second-order valence-corrected chi connectivity index (χ2v) is 3.91. The molecular weight excluding hydrogens is 355 g/mol. The third-order valence-corrected chi connectivity index (χ3v) is 2.14. The standard InChI is InChI=1S/C10H16N2O8.Fe.Na/c13-7(14)3-11(4-8(15)16)1-2-12(5-9(17)18)6-10(19)20;;/h1-6H2,(H,13,14)(H,15,16)(H,17,18)(H,19,20);;/q;+5;+1/p-4. The Morgan fingerprint density at radius 2 is 0.773 bits per heavy atom. The van der Waals surface area contributed by atoms with Crippen LogP contribution in [0.1, 0.15) is 0 Å². The van der Waals surface area contributed by atoms with Crippen LogP contribution < -0.4 is 50.0 Å². The van der Waals surface area contributed by atoms with Gasteiger partial charge in [-0.1, -0.05) is 0 Å². The van der Waals surface area contributed by atoms with Crippen molar-refractivity contribution in [2.24, 2.45) is 0 Å². The third-order valence-electron chi connectivity index (χ3n) is 2.14. The maximum atomic E-state index is 10.4. The minimum Gasteiger partial charge on any atom is -0.549 e. The summed E-state index contributed by atoms with van der Waals surface area (Å²) in [5.41, 5.74) is 0. The summed E-state index contributed by atoms with van der Waals surface area (Å²) in [6.07, 6.45) is 0. The molecule has 0 fully saturated rings. The number of carboxylic acid groups (broad SMARTS) is 4. The van der Waals surface area contributed by atoms with Crippen molar-refractivity contribution >= 4 is 23.9 Å². The van der Waals surface area contributed by atoms with E-state index in [0.29, 0.717) is 0 Å². The Morgan fingerprint density at radius 3 is 0.909 bits per heavy atom. The first-order chi connectivity index (χ1) is 9.20. The summed E-state index contributed by atoms with van der Waals surface area (Å²) in [5, 5.41) is 41.6. The van der Waals surface area contributed by atoms with Gasteiger partial charge in [0.25, 0.3) is 0 Å². The van der Waals surface area contributed by atoms with Crippen LogP contribution in [0.2, 0.25) is 0 Å². The smallest absolute Gasteiger partial charge is 0.549 e. The predicted octanol–water partition coefficient (Wildman–Crippen LogP) is -10.4. The van der Waals surface area contributed by atoms with Gasteiger partial charge in [0.15, 0.2) is 0 Å². The fourth-order valence-electron chi connectivity index (χ4n) is 1.44. The fraction of sp³-hybridized carbons (Fsp3) is 0.600. The molecule has 0 aliphatic heterocycles. The van der Waals surface area contributed by atoms with Crippen LogP contribution in [-0.4, -0.2) is 72.9 Å². The van der Waals surface area contributed by atoms with Crippen LogP contribution in [0.25, 0.3) is 0 Å². The molecule has 0 aromatic carbocycles. The number of carbonyl (C=O) groups excluding carboxylic acids is 4. The van der Waals surface area contributed by atoms with E-state index in [2.05, 4.69) is 0 Å². The van der Waals surface area contributed by atoms with E-state index >= 15 is 0 Å². The summed E-state index contributed by atoms with van der Waals surface area (Å²) in [5.74, 6) is -6.12. The van der Waals surface area contributed by atoms with E-state index in [1.807, 2.05) is 0 Å². The Labute approximate surface area is 158 Å². The maximum Gasteiger partial charge on any atom is 5.00 e. The van der Waals surface area contributed by atoms with Crippen LogP contribution >= 0.6 is 0 Å². The predicted molar refractivity (Wildman–Crippen MR) is 52.9 cm³/mol. The molecule has 0 rings (SSSR count). The number of nitrogens with zero attached hydrogens (tertiary/aromatic N) is 2. The van der Waals surface area contributed by atoms with Crippen LogP contribution in [-0.2, 0) is 36.2 Å². The van der Waals surface area contributed by atoms with E-state index < -0.39 is 50.1 Å². The molecule has 0 aromatic rings. The largest absolute Gasteiger partial charge is 5.00 e. The van der Waals surface area contributed by atoms with Crippen LogP contribution in [0.5, 0.6) is 0 Å². The summed E-state index contributed by atoms with van der Waals surface area (Å²) in [7, 11) is 0. The summed E-state index contributed by atoms with van der Waals surface area (Å²) < 4.78 is 0. The monoisotopic (exact) mass is 367 g/mol. The van der Waals surface area contributed by atoms with Crippen molar-refractivity contribution in [2.45, 2.75) is 0 Å². The minimum atomic E-state index is -1.53. The molecule has 0 amide bonds. The molecule has 0 N–H and O–H groups in total. The molecule has 22 heavy (non-hydrogen) atoms. The van der Waals surface area contributed by atoms with Gasteiger partial charge in [0, 0.05) is 39.3 Å². The first kappa shape index (κ1) is 26.2. The topological polar surface area (TPSA) is 167 Å².